The zero-order chi connectivity index (χ0) is 28.1. The van der Waals surface area contributed by atoms with Crippen molar-refractivity contribution in [3.05, 3.63) is 61.8 Å². The number of carboxylic acid groups (broad SMARTS) is 1. The maximum atomic E-state index is 13.1. The Bertz CT molecular complexity index is 1230. The van der Waals surface area contributed by atoms with Crippen molar-refractivity contribution in [1.29, 1.82) is 0 Å². The van der Waals surface area contributed by atoms with E-state index in [9.17, 15) is 34.4 Å². The van der Waals surface area contributed by atoms with Crippen LogP contribution in [0.3, 0.4) is 0 Å². The lowest BCUT2D eigenvalue weighted by Gasteiger charge is -2.31. The SMILES string of the molecule is COC(=O)C1=C(C)NC(SC[C@@H](C)C(=O)N2CCC[C@H]2C(=O)O)=C(C(=O)OC)C1c1ccccc1[N+](=O)[O-]. The van der Waals surface area contributed by atoms with Crippen molar-refractivity contribution in [3.63, 3.8) is 0 Å². The molecule has 204 valence electrons. The number of benzene rings is 1. The summed E-state index contributed by atoms with van der Waals surface area (Å²) < 4.78 is 9.95. The summed E-state index contributed by atoms with van der Waals surface area (Å²) in [4.78, 5) is 63.1. The van der Waals surface area contributed by atoms with Crippen LogP contribution in [0, 0.1) is 16.0 Å². The topological polar surface area (TPSA) is 165 Å². The zero-order valence-electron chi connectivity index (χ0n) is 21.4. The third kappa shape index (κ3) is 5.67. The van der Waals surface area contributed by atoms with Crippen LogP contribution >= 0.6 is 11.8 Å². The lowest BCUT2D eigenvalue weighted by molar-refractivity contribution is -0.385. The van der Waals surface area contributed by atoms with Crippen LogP contribution in [0.2, 0.25) is 0 Å². The van der Waals surface area contributed by atoms with Crippen molar-refractivity contribution in [1.82, 2.24) is 10.2 Å². The van der Waals surface area contributed by atoms with Crippen LogP contribution < -0.4 is 5.32 Å². The van der Waals surface area contributed by atoms with Gasteiger partial charge in [-0.15, -0.1) is 11.8 Å². The third-order valence-electron chi connectivity index (χ3n) is 6.50. The zero-order valence-corrected chi connectivity index (χ0v) is 22.2. The van der Waals surface area contributed by atoms with E-state index in [0.29, 0.717) is 25.1 Å². The van der Waals surface area contributed by atoms with E-state index in [1.165, 1.54) is 30.2 Å². The predicted octanol–water partition coefficient (Wildman–Crippen LogP) is 2.56. The number of esters is 2. The Morgan fingerprint density at radius 1 is 1.18 bits per heavy atom. The van der Waals surface area contributed by atoms with Gasteiger partial charge < -0.3 is 24.8 Å². The first-order valence-corrected chi connectivity index (χ1v) is 12.8. The number of nitrogens with zero attached hydrogens (tertiary/aromatic N) is 2. The van der Waals surface area contributed by atoms with E-state index in [1.54, 1.807) is 19.9 Å². The normalized spacial score (nSPS) is 20.1. The molecular formula is C25H29N3O9S. The number of hydrogen-bond donors (Lipinski definition) is 2. The summed E-state index contributed by atoms with van der Waals surface area (Å²) in [5.74, 6) is -4.60. The molecule has 2 aliphatic rings. The van der Waals surface area contributed by atoms with E-state index in [1.807, 2.05) is 0 Å². The fourth-order valence-electron chi connectivity index (χ4n) is 4.67. The number of para-hydroxylation sites is 1. The van der Waals surface area contributed by atoms with Gasteiger partial charge in [0.25, 0.3) is 5.69 Å². The molecule has 0 radical (unpaired) electrons. The van der Waals surface area contributed by atoms with Gasteiger partial charge in [-0.2, -0.15) is 0 Å². The summed E-state index contributed by atoms with van der Waals surface area (Å²) >= 11 is 1.11. The molecule has 0 aliphatic carbocycles. The number of ether oxygens (including phenoxy) is 2. The van der Waals surface area contributed by atoms with Gasteiger partial charge in [-0.3, -0.25) is 14.9 Å². The molecular weight excluding hydrogens is 518 g/mol. The second-order valence-electron chi connectivity index (χ2n) is 8.88. The second kappa shape index (κ2) is 12.1. The van der Waals surface area contributed by atoms with Crippen LogP contribution in [0.15, 0.2) is 46.1 Å². The summed E-state index contributed by atoms with van der Waals surface area (Å²) in [5, 5.41) is 24.6. The molecule has 1 aromatic carbocycles. The van der Waals surface area contributed by atoms with Crippen molar-refractivity contribution in [2.24, 2.45) is 5.92 Å². The number of hydrogen-bond acceptors (Lipinski definition) is 10. The average Bonchev–Trinajstić information content (AvgIpc) is 3.40. The minimum Gasteiger partial charge on any atom is -0.480 e. The molecule has 2 heterocycles. The first kappa shape index (κ1) is 28.7. The number of dihydropyridines is 1. The summed E-state index contributed by atoms with van der Waals surface area (Å²) in [6, 6.07) is 4.90. The lowest BCUT2D eigenvalue weighted by atomic mass is 9.81. The van der Waals surface area contributed by atoms with E-state index in [4.69, 9.17) is 9.47 Å². The first-order chi connectivity index (χ1) is 18.0. The van der Waals surface area contributed by atoms with E-state index in [2.05, 4.69) is 5.32 Å². The minimum atomic E-state index is -1.18. The van der Waals surface area contributed by atoms with Crippen LogP contribution in [-0.2, 0) is 28.7 Å². The smallest absolute Gasteiger partial charge is 0.337 e. The Kier molecular flexibility index (Phi) is 9.15. The van der Waals surface area contributed by atoms with Gasteiger partial charge in [0.1, 0.15) is 6.04 Å². The van der Waals surface area contributed by atoms with E-state index >= 15 is 0 Å². The Labute approximate surface area is 223 Å². The maximum Gasteiger partial charge on any atom is 0.337 e. The Morgan fingerprint density at radius 2 is 1.82 bits per heavy atom. The van der Waals surface area contributed by atoms with E-state index in [0.717, 1.165) is 18.9 Å². The van der Waals surface area contributed by atoms with Crippen LogP contribution in [0.5, 0.6) is 0 Å². The Balaban J connectivity index is 2.04. The first-order valence-electron chi connectivity index (χ1n) is 11.8. The molecule has 1 aromatic rings. The van der Waals surface area contributed by atoms with Gasteiger partial charge in [0.2, 0.25) is 5.91 Å². The summed E-state index contributed by atoms with van der Waals surface area (Å²) in [7, 11) is 2.32. The quantitative estimate of drug-likeness (QED) is 0.265. The van der Waals surface area contributed by atoms with Crippen molar-refractivity contribution in [2.45, 2.75) is 38.6 Å². The number of carbonyl (C=O) groups is 4. The maximum absolute atomic E-state index is 13.1. The van der Waals surface area contributed by atoms with Gasteiger partial charge >= 0.3 is 17.9 Å². The van der Waals surface area contributed by atoms with Crippen molar-refractivity contribution in [2.75, 3.05) is 26.5 Å². The summed E-state index contributed by atoms with van der Waals surface area (Å²) in [6.07, 6.45) is 0.984. The third-order valence-corrected chi connectivity index (χ3v) is 7.78. The molecule has 1 fully saturated rings. The number of amides is 1. The van der Waals surface area contributed by atoms with E-state index < -0.39 is 40.7 Å². The van der Waals surface area contributed by atoms with Gasteiger partial charge in [0.05, 0.1) is 41.2 Å². The van der Waals surface area contributed by atoms with Gasteiger partial charge in [-0.05, 0) is 19.8 Å². The van der Waals surface area contributed by atoms with Crippen LogP contribution in [-0.4, -0.2) is 71.3 Å². The fraction of sp³-hybridized carbons (Fsp3) is 0.440. The highest BCUT2D eigenvalue weighted by molar-refractivity contribution is 8.03. The van der Waals surface area contributed by atoms with Gasteiger partial charge in [0, 0.05) is 35.5 Å². The monoisotopic (exact) mass is 547 g/mol. The number of thioether (sulfide) groups is 1. The molecule has 3 atom stereocenters. The minimum absolute atomic E-state index is 0.0111. The van der Waals surface area contributed by atoms with E-state index in [-0.39, 0.29) is 39.1 Å². The molecule has 1 amide bonds. The number of likely N-dealkylation sites (tertiary alicyclic amines) is 1. The molecule has 3 rings (SSSR count). The fourth-order valence-corrected chi connectivity index (χ4v) is 5.81. The number of aliphatic carboxylic acids is 1. The standard InChI is InChI=1S/C25H29N3O9S/c1-13(22(29)27-11-7-10-17(27)23(30)31)12-38-21-20(25(33)37-4)19(18(14(2)26-21)24(32)36-3)15-8-5-6-9-16(15)28(34)35/h5-6,8-9,13,17,19,26H,7,10-12H2,1-4H3,(H,30,31)/t13-,17+,19?/m1/s1. The number of carboxylic acids is 1. The summed E-state index contributed by atoms with van der Waals surface area (Å²) in [6.45, 7) is 3.60. The molecule has 0 saturated carbocycles. The molecule has 1 unspecified atom stereocenters. The highest BCUT2D eigenvalue weighted by Crippen LogP contribution is 2.44. The number of carbonyl (C=O) groups excluding carboxylic acids is 3. The Morgan fingerprint density at radius 3 is 2.42 bits per heavy atom. The van der Waals surface area contributed by atoms with Gasteiger partial charge in [-0.1, -0.05) is 25.1 Å². The molecule has 0 bridgehead atoms. The number of nitrogens with one attached hydrogen (secondary N) is 1. The van der Waals surface area contributed by atoms with Gasteiger partial charge in [-0.25, -0.2) is 14.4 Å². The molecule has 12 nitrogen and oxygen atoms in total. The van der Waals surface area contributed by atoms with Crippen molar-refractivity contribution in [3.8, 4) is 0 Å². The van der Waals surface area contributed by atoms with Crippen LogP contribution in [0.25, 0.3) is 0 Å². The lowest BCUT2D eigenvalue weighted by Crippen LogP contribution is -2.43. The van der Waals surface area contributed by atoms with Crippen molar-refractivity contribution < 1.29 is 38.7 Å². The van der Waals surface area contributed by atoms with Crippen LogP contribution in [0.1, 0.15) is 38.2 Å². The number of nitro benzene ring substituents is 1. The molecule has 13 heteroatoms. The van der Waals surface area contributed by atoms with Gasteiger partial charge in [0.15, 0.2) is 0 Å². The highest BCUT2D eigenvalue weighted by atomic mass is 32.2. The molecule has 2 aliphatic heterocycles. The number of allylic oxidation sites excluding steroid dienone is 1. The van der Waals surface area contributed by atoms with Crippen molar-refractivity contribution >= 4 is 41.3 Å². The largest absolute Gasteiger partial charge is 0.480 e. The highest BCUT2D eigenvalue weighted by Gasteiger charge is 2.42. The molecule has 0 spiro atoms. The predicted molar refractivity (Wildman–Crippen MR) is 137 cm³/mol. The number of rotatable bonds is 9. The molecule has 0 aromatic heterocycles. The average molecular weight is 548 g/mol. The summed E-state index contributed by atoms with van der Waals surface area (Å²) in [5.41, 5.74) is 0.0954. The number of methoxy groups -OCH3 is 2. The van der Waals surface area contributed by atoms with Crippen LogP contribution in [0.4, 0.5) is 5.69 Å². The number of nitro groups is 1. The molecule has 38 heavy (non-hydrogen) atoms. The second-order valence-corrected chi connectivity index (χ2v) is 9.91. The molecule has 1 saturated heterocycles. The Hall–Kier alpha value is -3.87. The molecule has 2 N–H and O–H groups in total.